The molecule has 2 aliphatic heterocycles. The van der Waals surface area contributed by atoms with Gasteiger partial charge in [-0.2, -0.15) is 0 Å². The summed E-state index contributed by atoms with van der Waals surface area (Å²) < 4.78 is 10.3. The Balaban J connectivity index is 1.54. The Morgan fingerprint density at radius 3 is 2.45 bits per heavy atom. The Kier molecular flexibility index (Phi) is 5.69. The summed E-state index contributed by atoms with van der Waals surface area (Å²) in [7, 11) is 1.58. The largest absolute Gasteiger partial charge is 0.472 e. The van der Waals surface area contributed by atoms with E-state index in [1.807, 2.05) is 36.4 Å². The first-order valence-corrected chi connectivity index (χ1v) is 10.0. The van der Waals surface area contributed by atoms with E-state index >= 15 is 0 Å². The fourth-order valence-corrected chi connectivity index (χ4v) is 4.35. The standard InChI is InChI=1S/C22H27N3O4/c1-28-14-12-24-20(26)22(25(21(24)27)16-18-5-3-2-4-6-18)8-10-23(11-9-22)15-19-7-13-29-17-19/h2-7,13,17H,8-12,14-16H2,1H3. The molecule has 2 saturated heterocycles. The van der Waals surface area contributed by atoms with E-state index in [-0.39, 0.29) is 11.9 Å². The van der Waals surface area contributed by atoms with Crippen molar-refractivity contribution in [3.05, 3.63) is 60.1 Å². The van der Waals surface area contributed by atoms with Gasteiger partial charge in [0.1, 0.15) is 5.54 Å². The van der Waals surface area contributed by atoms with Crippen LogP contribution >= 0.6 is 0 Å². The van der Waals surface area contributed by atoms with Gasteiger partial charge in [-0.05, 0) is 24.5 Å². The molecule has 1 aromatic heterocycles. The minimum Gasteiger partial charge on any atom is -0.472 e. The monoisotopic (exact) mass is 397 g/mol. The number of piperidine rings is 1. The second-order valence-electron chi connectivity index (χ2n) is 7.74. The van der Waals surface area contributed by atoms with E-state index in [0.717, 1.165) is 30.8 Å². The first kappa shape index (κ1) is 19.7. The van der Waals surface area contributed by atoms with Crippen LogP contribution in [0.25, 0.3) is 0 Å². The van der Waals surface area contributed by atoms with Crippen molar-refractivity contribution < 1.29 is 18.7 Å². The van der Waals surface area contributed by atoms with Gasteiger partial charge in [0.05, 0.1) is 25.7 Å². The number of likely N-dealkylation sites (tertiary alicyclic amines) is 1. The SMILES string of the molecule is COCCN1C(=O)N(Cc2ccccc2)C2(CCN(Cc3ccoc3)CC2)C1=O. The second kappa shape index (κ2) is 8.39. The number of amides is 3. The summed E-state index contributed by atoms with van der Waals surface area (Å²) >= 11 is 0. The maximum atomic E-state index is 13.4. The van der Waals surface area contributed by atoms with Gasteiger partial charge in [0.25, 0.3) is 5.91 Å². The van der Waals surface area contributed by atoms with Crippen LogP contribution in [0.3, 0.4) is 0 Å². The van der Waals surface area contributed by atoms with E-state index in [4.69, 9.17) is 9.15 Å². The number of urea groups is 1. The molecule has 0 radical (unpaired) electrons. The Labute approximate surface area is 170 Å². The van der Waals surface area contributed by atoms with E-state index in [1.165, 1.54) is 4.90 Å². The van der Waals surface area contributed by atoms with Crippen molar-refractivity contribution in [1.29, 1.82) is 0 Å². The van der Waals surface area contributed by atoms with Crippen LogP contribution in [0, 0.1) is 0 Å². The minimum absolute atomic E-state index is 0.0848. The van der Waals surface area contributed by atoms with Gasteiger partial charge in [-0.1, -0.05) is 30.3 Å². The van der Waals surface area contributed by atoms with Crippen LogP contribution in [0.2, 0.25) is 0 Å². The average molecular weight is 397 g/mol. The third-order valence-electron chi connectivity index (χ3n) is 5.99. The molecule has 29 heavy (non-hydrogen) atoms. The summed E-state index contributed by atoms with van der Waals surface area (Å²) in [6.07, 6.45) is 4.69. The number of benzene rings is 1. The van der Waals surface area contributed by atoms with Crippen molar-refractivity contribution in [2.45, 2.75) is 31.5 Å². The number of imide groups is 1. The normalized spacial score (nSPS) is 19.5. The van der Waals surface area contributed by atoms with Crippen LogP contribution in [-0.4, -0.2) is 65.5 Å². The zero-order valence-corrected chi connectivity index (χ0v) is 16.8. The molecule has 0 aliphatic carbocycles. The highest BCUT2D eigenvalue weighted by Crippen LogP contribution is 2.38. The van der Waals surface area contributed by atoms with Crippen molar-refractivity contribution in [2.24, 2.45) is 0 Å². The van der Waals surface area contributed by atoms with E-state index in [1.54, 1.807) is 24.5 Å². The highest BCUT2D eigenvalue weighted by Gasteiger charge is 2.57. The Morgan fingerprint density at radius 1 is 1.03 bits per heavy atom. The lowest BCUT2D eigenvalue weighted by atomic mass is 9.85. The molecule has 2 aromatic rings. The summed E-state index contributed by atoms with van der Waals surface area (Å²) in [6, 6.07) is 11.6. The molecule has 0 atom stereocenters. The zero-order chi connectivity index (χ0) is 20.3. The van der Waals surface area contributed by atoms with E-state index < -0.39 is 5.54 Å². The lowest BCUT2D eigenvalue weighted by Gasteiger charge is -2.42. The van der Waals surface area contributed by atoms with Gasteiger partial charge in [0.15, 0.2) is 0 Å². The molecule has 3 heterocycles. The number of methoxy groups -OCH3 is 1. The third-order valence-corrected chi connectivity index (χ3v) is 5.99. The lowest BCUT2D eigenvalue weighted by molar-refractivity contribution is -0.136. The van der Waals surface area contributed by atoms with Gasteiger partial charge in [-0.3, -0.25) is 14.6 Å². The fraction of sp³-hybridized carbons (Fsp3) is 0.455. The van der Waals surface area contributed by atoms with E-state index in [0.29, 0.717) is 32.5 Å². The number of ether oxygens (including phenoxy) is 1. The highest BCUT2D eigenvalue weighted by molar-refractivity contribution is 6.07. The molecule has 0 saturated carbocycles. The molecule has 154 valence electrons. The fourth-order valence-electron chi connectivity index (χ4n) is 4.35. The molecule has 2 aliphatic rings. The van der Waals surface area contributed by atoms with Gasteiger partial charge in [-0.25, -0.2) is 4.79 Å². The van der Waals surface area contributed by atoms with Gasteiger partial charge in [0, 0.05) is 38.9 Å². The van der Waals surface area contributed by atoms with Crippen molar-refractivity contribution in [1.82, 2.24) is 14.7 Å². The number of nitrogens with zero attached hydrogens (tertiary/aromatic N) is 3. The summed E-state index contributed by atoms with van der Waals surface area (Å²) in [5.74, 6) is -0.0848. The summed E-state index contributed by atoms with van der Waals surface area (Å²) in [4.78, 5) is 32.1. The zero-order valence-electron chi connectivity index (χ0n) is 16.8. The molecule has 0 unspecified atom stereocenters. The maximum Gasteiger partial charge on any atom is 0.328 e. The van der Waals surface area contributed by atoms with E-state index in [9.17, 15) is 9.59 Å². The van der Waals surface area contributed by atoms with Crippen LogP contribution in [-0.2, 0) is 22.6 Å². The van der Waals surface area contributed by atoms with Crippen molar-refractivity contribution >= 4 is 11.9 Å². The van der Waals surface area contributed by atoms with Crippen LogP contribution in [0.15, 0.2) is 53.3 Å². The molecule has 1 spiro atoms. The van der Waals surface area contributed by atoms with Crippen LogP contribution < -0.4 is 0 Å². The Bertz CT molecular complexity index is 829. The van der Waals surface area contributed by atoms with Gasteiger partial charge < -0.3 is 14.1 Å². The third kappa shape index (κ3) is 3.80. The number of carbonyl (C=O) groups excluding carboxylic acids is 2. The first-order chi connectivity index (χ1) is 14.1. The number of furan rings is 1. The summed E-state index contributed by atoms with van der Waals surface area (Å²) in [5.41, 5.74) is 1.38. The predicted molar refractivity (Wildman–Crippen MR) is 107 cm³/mol. The lowest BCUT2D eigenvalue weighted by Crippen LogP contribution is -2.56. The minimum atomic E-state index is -0.770. The van der Waals surface area contributed by atoms with Crippen LogP contribution in [0.4, 0.5) is 4.79 Å². The molecule has 7 nitrogen and oxygen atoms in total. The molecule has 2 fully saturated rings. The van der Waals surface area contributed by atoms with E-state index in [2.05, 4.69) is 4.90 Å². The Hall–Kier alpha value is -2.64. The summed E-state index contributed by atoms with van der Waals surface area (Å²) in [5, 5.41) is 0. The van der Waals surface area contributed by atoms with Crippen molar-refractivity contribution in [2.75, 3.05) is 33.4 Å². The maximum absolute atomic E-state index is 13.4. The van der Waals surface area contributed by atoms with Crippen LogP contribution in [0.1, 0.15) is 24.0 Å². The molecule has 0 bridgehead atoms. The van der Waals surface area contributed by atoms with Gasteiger partial charge in [0.2, 0.25) is 0 Å². The number of carbonyl (C=O) groups is 2. The smallest absolute Gasteiger partial charge is 0.328 e. The number of hydrogen-bond donors (Lipinski definition) is 0. The number of rotatable bonds is 7. The summed E-state index contributed by atoms with van der Waals surface area (Å²) in [6.45, 7) is 3.39. The molecular formula is C22H27N3O4. The topological polar surface area (TPSA) is 66.2 Å². The molecule has 3 amide bonds. The van der Waals surface area contributed by atoms with Gasteiger partial charge in [-0.15, -0.1) is 0 Å². The predicted octanol–water partition coefficient (Wildman–Crippen LogP) is 2.73. The molecule has 7 heteroatoms. The van der Waals surface area contributed by atoms with Crippen molar-refractivity contribution in [3.8, 4) is 0 Å². The van der Waals surface area contributed by atoms with Gasteiger partial charge >= 0.3 is 6.03 Å². The average Bonchev–Trinajstić information content (AvgIpc) is 3.32. The molecule has 4 rings (SSSR count). The molecule has 1 aromatic carbocycles. The number of hydrogen-bond acceptors (Lipinski definition) is 5. The highest BCUT2D eigenvalue weighted by atomic mass is 16.5. The van der Waals surface area contributed by atoms with Crippen molar-refractivity contribution in [3.63, 3.8) is 0 Å². The Morgan fingerprint density at radius 2 is 1.79 bits per heavy atom. The quantitative estimate of drug-likeness (QED) is 0.672. The molecular weight excluding hydrogens is 370 g/mol. The second-order valence-corrected chi connectivity index (χ2v) is 7.74. The van der Waals surface area contributed by atoms with Crippen LogP contribution in [0.5, 0.6) is 0 Å². The first-order valence-electron chi connectivity index (χ1n) is 10.0. The molecule has 0 N–H and O–H groups in total.